The van der Waals surface area contributed by atoms with Crippen LogP contribution in [-0.2, 0) is 6.18 Å². The summed E-state index contributed by atoms with van der Waals surface area (Å²) >= 11 is 5.56. The van der Waals surface area contributed by atoms with E-state index in [9.17, 15) is 23.3 Å². The summed E-state index contributed by atoms with van der Waals surface area (Å²) in [5, 5.41) is 13.1. The Labute approximate surface area is 124 Å². The number of rotatable bonds is 6. The molecule has 0 fully saturated rings. The quantitative estimate of drug-likeness (QED) is 0.493. The van der Waals surface area contributed by atoms with Gasteiger partial charge in [-0.1, -0.05) is 11.6 Å². The van der Waals surface area contributed by atoms with Gasteiger partial charge >= 0.3 is 6.18 Å². The summed E-state index contributed by atoms with van der Waals surface area (Å²) in [5.74, 6) is 0. The summed E-state index contributed by atoms with van der Waals surface area (Å²) in [7, 11) is 3.74. The highest BCUT2D eigenvalue weighted by Crippen LogP contribution is 2.40. The van der Waals surface area contributed by atoms with E-state index in [2.05, 4.69) is 5.32 Å². The van der Waals surface area contributed by atoms with Crippen LogP contribution in [0.4, 0.5) is 24.5 Å². The zero-order valence-corrected chi connectivity index (χ0v) is 12.3. The largest absolute Gasteiger partial charge is 0.418 e. The Bertz CT molecular complexity index is 521. The normalized spacial score (nSPS) is 11.8. The molecule has 0 aliphatic heterocycles. The molecule has 0 saturated heterocycles. The van der Waals surface area contributed by atoms with Gasteiger partial charge in [-0.15, -0.1) is 0 Å². The number of halogens is 4. The summed E-state index contributed by atoms with van der Waals surface area (Å²) in [5.41, 5.74) is -1.87. The molecule has 0 radical (unpaired) electrons. The van der Waals surface area contributed by atoms with E-state index >= 15 is 0 Å². The van der Waals surface area contributed by atoms with Crippen molar-refractivity contribution in [1.29, 1.82) is 0 Å². The van der Waals surface area contributed by atoms with Gasteiger partial charge in [-0.2, -0.15) is 13.2 Å². The third-order valence-corrected chi connectivity index (χ3v) is 3.00. The van der Waals surface area contributed by atoms with Crippen LogP contribution in [0, 0.1) is 10.1 Å². The molecule has 1 aromatic rings. The number of nitro benzene ring substituents is 1. The Kier molecular flexibility index (Phi) is 5.79. The molecule has 0 atom stereocenters. The summed E-state index contributed by atoms with van der Waals surface area (Å²) in [6.45, 7) is 1.13. The molecule has 1 N–H and O–H groups in total. The molecule has 9 heteroatoms. The van der Waals surface area contributed by atoms with Crippen LogP contribution in [0.2, 0.25) is 5.02 Å². The Morgan fingerprint density at radius 3 is 2.48 bits per heavy atom. The molecular weight excluding hydrogens is 311 g/mol. The number of hydrogen-bond acceptors (Lipinski definition) is 4. The minimum absolute atomic E-state index is 0.0169. The van der Waals surface area contributed by atoms with Gasteiger partial charge in [0.2, 0.25) is 0 Å². The average Bonchev–Trinajstić information content (AvgIpc) is 2.32. The van der Waals surface area contributed by atoms with Crippen molar-refractivity contribution in [3.05, 3.63) is 32.8 Å². The molecule has 5 nitrogen and oxygen atoms in total. The molecule has 0 unspecified atom stereocenters. The van der Waals surface area contributed by atoms with Crippen LogP contribution in [0.5, 0.6) is 0 Å². The number of alkyl halides is 3. The molecule has 0 heterocycles. The maximum atomic E-state index is 12.7. The minimum atomic E-state index is -4.73. The Hall–Kier alpha value is -1.54. The van der Waals surface area contributed by atoms with Crippen molar-refractivity contribution in [3.8, 4) is 0 Å². The molecule has 0 aliphatic carbocycles. The lowest BCUT2D eigenvalue weighted by Gasteiger charge is -2.13. The molecule has 0 amide bonds. The second-order valence-corrected chi connectivity index (χ2v) is 5.09. The number of nitro groups is 1. The SMILES string of the molecule is CN(C)CCCNc1cc(Cl)c(C(F)(F)F)cc1[N+](=O)[O-]. The first-order valence-corrected chi connectivity index (χ1v) is 6.44. The van der Waals surface area contributed by atoms with E-state index in [1.165, 1.54) is 0 Å². The van der Waals surface area contributed by atoms with Crippen LogP contribution in [0.15, 0.2) is 12.1 Å². The highest BCUT2D eigenvalue weighted by atomic mass is 35.5. The van der Waals surface area contributed by atoms with E-state index in [1.807, 2.05) is 19.0 Å². The first-order valence-electron chi connectivity index (χ1n) is 6.06. The smallest absolute Gasteiger partial charge is 0.379 e. The third-order valence-electron chi connectivity index (χ3n) is 2.69. The average molecular weight is 326 g/mol. The Morgan fingerprint density at radius 2 is 2.00 bits per heavy atom. The van der Waals surface area contributed by atoms with Gasteiger partial charge < -0.3 is 10.2 Å². The predicted molar refractivity (Wildman–Crippen MR) is 74.8 cm³/mol. The molecule has 0 aromatic heterocycles. The van der Waals surface area contributed by atoms with Crippen molar-refractivity contribution in [2.45, 2.75) is 12.6 Å². The lowest BCUT2D eigenvalue weighted by atomic mass is 10.1. The molecule has 21 heavy (non-hydrogen) atoms. The fraction of sp³-hybridized carbons (Fsp3) is 0.500. The Balaban J connectivity index is 2.98. The van der Waals surface area contributed by atoms with Gasteiger partial charge in [-0.25, -0.2) is 0 Å². The second-order valence-electron chi connectivity index (χ2n) is 4.69. The zero-order valence-electron chi connectivity index (χ0n) is 11.5. The Morgan fingerprint density at radius 1 is 1.38 bits per heavy atom. The molecule has 0 aliphatic rings. The molecule has 0 bridgehead atoms. The first-order chi connectivity index (χ1) is 9.62. The van der Waals surface area contributed by atoms with E-state index in [0.29, 0.717) is 19.0 Å². The van der Waals surface area contributed by atoms with Crippen LogP contribution in [0.1, 0.15) is 12.0 Å². The third kappa shape index (κ3) is 5.05. The van der Waals surface area contributed by atoms with Crippen molar-refractivity contribution in [3.63, 3.8) is 0 Å². The van der Waals surface area contributed by atoms with Crippen LogP contribution in [0.25, 0.3) is 0 Å². The summed E-state index contributed by atoms with van der Waals surface area (Å²) in [6.07, 6.45) is -4.05. The van der Waals surface area contributed by atoms with E-state index in [-0.39, 0.29) is 5.69 Å². The number of nitrogens with one attached hydrogen (secondary N) is 1. The van der Waals surface area contributed by atoms with Crippen molar-refractivity contribution < 1.29 is 18.1 Å². The van der Waals surface area contributed by atoms with Crippen molar-refractivity contribution in [2.24, 2.45) is 0 Å². The topological polar surface area (TPSA) is 58.4 Å². The highest BCUT2D eigenvalue weighted by molar-refractivity contribution is 6.31. The molecular formula is C12H15ClF3N3O2. The van der Waals surface area contributed by atoms with E-state index in [1.54, 1.807) is 0 Å². The molecule has 0 spiro atoms. The molecule has 1 rings (SSSR count). The lowest BCUT2D eigenvalue weighted by molar-refractivity contribution is -0.384. The van der Waals surface area contributed by atoms with E-state index < -0.39 is 27.4 Å². The van der Waals surface area contributed by atoms with E-state index in [4.69, 9.17) is 11.6 Å². The summed E-state index contributed by atoms with van der Waals surface area (Å²) < 4.78 is 38.1. The number of hydrogen-bond donors (Lipinski definition) is 1. The second kappa shape index (κ2) is 6.95. The fourth-order valence-electron chi connectivity index (χ4n) is 1.69. The molecule has 118 valence electrons. The van der Waals surface area contributed by atoms with Gasteiger partial charge in [0.25, 0.3) is 5.69 Å². The van der Waals surface area contributed by atoms with Crippen molar-refractivity contribution >= 4 is 23.0 Å². The minimum Gasteiger partial charge on any atom is -0.379 e. The summed E-state index contributed by atoms with van der Waals surface area (Å²) in [4.78, 5) is 12.0. The van der Waals surface area contributed by atoms with Crippen LogP contribution in [0.3, 0.4) is 0 Å². The van der Waals surface area contributed by atoms with Gasteiger partial charge in [0.15, 0.2) is 0 Å². The van der Waals surface area contributed by atoms with Gasteiger partial charge in [0.05, 0.1) is 15.5 Å². The van der Waals surface area contributed by atoms with Crippen molar-refractivity contribution in [2.75, 3.05) is 32.5 Å². The first kappa shape index (κ1) is 17.5. The van der Waals surface area contributed by atoms with Gasteiger partial charge in [-0.3, -0.25) is 10.1 Å². The summed E-state index contributed by atoms with van der Waals surface area (Å²) in [6, 6.07) is 1.40. The van der Waals surface area contributed by atoms with Crippen LogP contribution < -0.4 is 5.32 Å². The maximum Gasteiger partial charge on any atom is 0.418 e. The van der Waals surface area contributed by atoms with Crippen LogP contribution >= 0.6 is 11.6 Å². The zero-order chi connectivity index (χ0) is 16.2. The molecule has 0 saturated carbocycles. The standard InChI is InChI=1S/C12H15ClF3N3O2/c1-18(2)5-3-4-17-10-7-9(13)8(12(14,15)16)6-11(10)19(20)21/h6-7,17H,3-5H2,1-2H3. The van der Waals surface area contributed by atoms with Crippen LogP contribution in [-0.4, -0.2) is 37.0 Å². The molecule has 1 aromatic carbocycles. The predicted octanol–water partition coefficient (Wildman–Crippen LogP) is 3.63. The maximum absolute atomic E-state index is 12.7. The van der Waals surface area contributed by atoms with Crippen molar-refractivity contribution in [1.82, 2.24) is 4.90 Å². The fourth-order valence-corrected chi connectivity index (χ4v) is 1.96. The number of nitrogens with zero attached hydrogens (tertiary/aromatic N) is 2. The number of benzene rings is 1. The highest BCUT2D eigenvalue weighted by Gasteiger charge is 2.36. The number of anilines is 1. The van der Waals surface area contributed by atoms with Gasteiger partial charge in [0, 0.05) is 12.6 Å². The van der Waals surface area contributed by atoms with E-state index in [0.717, 1.165) is 12.6 Å². The van der Waals surface area contributed by atoms with Gasteiger partial charge in [-0.05, 0) is 33.1 Å². The van der Waals surface area contributed by atoms with Gasteiger partial charge in [0.1, 0.15) is 5.69 Å². The monoisotopic (exact) mass is 325 g/mol. The lowest BCUT2D eigenvalue weighted by Crippen LogP contribution is -2.17.